The lowest BCUT2D eigenvalue weighted by Crippen LogP contribution is -2.22. The molecular weight excluding hydrogens is 362 g/mol. The maximum Gasteiger partial charge on any atom is 0.267 e. The van der Waals surface area contributed by atoms with Gasteiger partial charge in [0.2, 0.25) is 0 Å². The highest BCUT2D eigenvalue weighted by Crippen LogP contribution is 2.21. The summed E-state index contributed by atoms with van der Waals surface area (Å²) in [7, 11) is 0. The maximum absolute atomic E-state index is 13.2. The van der Waals surface area contributed by atoms with Crippen molar-refractivity contribution in [3.8, 4) is 23.8 Å². The van der Waals surface area contributed by atoms with Crippen molar-refractivity contribution in [3.63, 3.8) is 0 Å². The fraction of sp³-hybridized carbons (Fsp3) is 0.0417. The predicted molar refractivity (Wildman–Crippen MR) is 115 cm³/mol. The molecule has 5 nitrogen and oxygen atoms in total. The monoisotopic (exact) mass is 379 g/mol. The largest absolute Gasteiger partial charge is 0.507 e. The normalized spacial score (nSPS) is 11.0. The standard InChI is InChI=1S/C24H17N3O2/c1-3-17-7-11-19(12-8-17)27-22(13-10-18-9-6-16(2)15-21(18)28)26-23-20(24(27)29)5-4-14-25-23/h1,4-15,28H,2H3/b13-10+. The molecule has 2 aromatic carbocycles. The Hall–Kier alpha value is -4.17. The molecular formula is C24H17N3O2. The Morgan fingerprint density at radius 2 is 1.90 bits per heavy atom. The SMILES string of the molecule is C#Cc1ccc(-n2c(/C=C/c3ccc(C)cc3O)nc3ncccc3c2=O)cc1. The highest BCUT2D eigenvalue weighted by atomic mass is 16.3. The van der Waals surface area contributed by atoms with Crippen LogP contribution in [0, 0.1) is 19.3 Å². The molecule has 0 saturated carbocycles. The van der Waals surface area contributed by atoms with E-state index in [9.17, 15) is 9.90 Å². The van der Waals surface area contributed by atoms with Crippen molar-refractivity contribution in [2.24, 2.45) is 0 Å². The van der Waals surface area contributed by atoms with Gasteiger partial charge in [-0.1, -0.05) is 18.1 Å². The average molecular weight is 379 g/mol. The first-order chi connectivity index (χ1) is 14.1. The van der Waals surface area contributed by atoms with Crippen LogP contribution in [0.1, 0.15) is 22.5 Å². The molecule has 0 atom stereocenters. The van der Waals surface area contributed by atoms with E-state index in [1.54, 1.807) is 60.8 Å². The summed E-state index contributed by atoms with van der Waals surface area (Å²) in [5.41, 5.74) is 3.07. The molecule has 140 valence electrons. The Morgan fingerprint density at radius 3 is 2.62 bits per heavy atom. The van der Waals surface area contributed by atoms with Crippen LogP contribution in [-0.2, 0) is 0 Å². The number of nitrogens with zero attached hydrogens (tertiary/aromatic N) is 3. The second-order valence-electron chi connectivity index (χ2n) is 6.57. The predicted octanol–water partition coefficient (Wildman–Crippen LogP) is 3.95. The van der Waals surface area contributed by atoms with Crippen LogP contribution in [0.2, 0.25) is 0 Å². The van der Waals surface area contributed by atoms with Gasteiger partial charge in [-0.15, -0.1) is 6.42 Å². The maximum atomic E-state index is 13.2. The Bertz CT molecular complexity index is 1340. The van der Waals surface area contributed by atoms with Crippen LogP contribution in [0.15, 0.2) is 65.6 Å². The van der Waals surface area contributed by atoms with Gasteiger partial charge in [0.25, 0.3) is 5.56 Å². The van der Waals surface area contributed by atoms with Crippen LogP contribution < -0.4 is 5.56 Å². The van der Waals surface area contributed by atoms with Crippen LogP contribution in [-0.4, -0.2) is 19.6 Å². The molecule has 0 spiro atoms. The molecule has 5 heteroatoms. The van der Waals surface area contributed by atoms with Crippen molar-refractivity contribution >= 4 is 23.2 Å². The van der Waals surface area contributed by atoms with E-state index in [-0.39, 0.29) is 11.3 Å². The lowest BCUT2D eigenvalue weighted by molar-refractivity contribution is 0.473. The minimum Gasteiger partial charge on any atom is -0.507 e. The van der Waals surface area contributed by atoms with Gasteiger partial charge in [0.1, 0.15) is 11.6 Å². The van der Waals surface area contributed by atoms with Crippen LogP contribution in [0.3, 0.4) is 0 Å². The average Bonchev–Trinajstić information content (AvgIpc) is 2.73. The molecule has 2 heterocycles. The van der Waals surface area contributed by atoms with Crippen LogP contribution >= 0.6 is 0 Å². The van der Waals surface area contributed by atoms with Gasteiger partial charge in [-0.05, 0) is 67.1 Å². The topological polar surface area (TPSA) is 68.0 Å². The molecule has 0 aliphatic heterocycles. The van der Waals surface area contributed by atoms with Gasteiger partial charge in [-0.25, -0.2) is 9.97 Å². The van der Waals surface area contributed by atoms with Crippen LogP contribution in [0.5, 0.6) is 5.75 Å². The van der Waals surface area contributed by atoms with E-state index in [1.807, 2.05) is 19.1 Å². The summed E-state index contributed by atoms with van der Waals surface area (Å²) >= 11 is 0. The van der Waals surface area contributed by atoms with Gasteiger partial charge >= 0.3 is 0 Å². The summed E-state index contributed by atoms with van der Waals surface area (Å²) in [5.74, 6) is 3.12. The first kappa shape index (κ1) is 18.2. The van der Waals surface area contributed by atoms with Crippen molar-refractivity contribution in [2.45, 2.75) is 6.92 Å². The summed E-state index contributed by atoms with van der Waals surface area (Å²) in [6, 6.07) is 15.9. The summed E-state index contributed by atoms with van der Waals surface area (Å²) < 4.78 is 1.51. The van der Waals surface area contributed by atoms with Crippen molar-refractivity contribution < 1.29 is 5.11 Å². The second-order valence-corrected chi connectivity index (χ2v) is 6.57. The van der Waals surface area contributed by atoms with E-state index < -0.39 is 0 Å². The Labute approximate surface area is 167 Å². The van der Waals surface area contributed by atoms with E-state index >= 15 is 0 Å². The smallest absolute Gasteiger partial charge is 0.267 e. The second kappa shape index (κ2) is 7.45. The molecule has 29 heavy (non-hydrogen) atoms. The third-order valence-corrected chi connectivity index (χ3v) is 4.56. The lowest BCUT2D eigenvalue weighted by Gasteiger charge is -2.11. The molecule has 0 amide bonds. The Morgan fingerprint density at radius 1 is 1.10 bits per heavy atom. The highest BCUT2D eigenvalue weighted by molar-refractivity contribution is 5.77. The van der Waals surface area contributed by atoms with Crippen LogP contribution in [0.25, 0.3) is 28.9 Å². The van der Waals surface area contributed by atoms with Gasteiger partial charge < -0.3 is 5.11 Å². The molecule has 4 rings (SSSR count). The zero-order valence-corrected chi connectivity index (χ0v) is 15.7. The Balaban J connectivity index is 1.92. The van der Waals surface area contributed by atoms with Gasteiger partial charge in [0, 0.05) is 17.3 Å². The van der Waals surface area contributed by atoms with E-state index in [1.165, 1.54) is 4.57 Å². The Kier molecular flexibility index (Phi) is 4.68. The van der Waals surface area contributed by atoms with Crippen molar-refractivity contribution in [1.82, 2.24) is 14.5 Å². The molecule has 1 N–H and O–H groups in total. The molecule has 2 aromatic heterocycles. The quantitative estimate of drug-likeness (QED) is 0.548. The summed E-state index contributed by atoms with van der Waals surface area (Å²) in [4.78, 5) is 22.0. The number of hydrogen-bond donors (Lipinski definition) is 1. The van der Waals surface area contributed by atoms with E-state index in [0.29, 0.717) is 28.1 Å². The molecule has 0 fully saturated rings. The molecule has 0 unspecified atom stereocenters. The fourth-order valence-electron chi connectivity index (χ4n) is 3.06. The number of hydrogen-bond acceptors (Lipinski definition) is 4. The number of aromatic hydroxyl groups is 1. The highest BCUT2D eigenvalue weighted by Gasteiger charge is 2.12. The third kappa shape index (κ3) is 3.52. The zero-order chi connectivity index (χ0) is 20.4. The number of aromatic nitrogens is 3. The molecule has 0 radical (unpaired) electrons. The van der Waals surface area contributed by atoms with Crippen molar-refractivity contribution in [2.75, 3.05) is 0 Å². The molecule has 0 aliphatic rings. The number of pyridine rings is 1. The third-order valence-electron chi connectivity index (χ3n) is 4.56. The van der Waals surface area contributed by atoms with Crippen molar-refractivity contribution in [3.05, 3.63) is 93.7 Å². The number of phenols is 1. The molecule has 0 saturated heterocycles. The molecule has 4 aromatic rings. The fourth-order valence-corrected chi connectivity index (χ4v) is 3.06. The minimum absolute atomic E-state index is 0.160. The van der Waals surface area contributed by atoms with Crippen molar-refractivity contribution in [1.29, 1.82) is 0 Å². The number of rotatable bonds is 3. The molecule has 0 aliphatic carbocycles. The number of terminal acetylenes is 1. The van der Waals surface area contributed by atoms with Gasteiger partial charge in [0.05, 0.1) is 11.1 Å². The molecule has 0 bridgehead atoms. The summed E-state index contributed by atoms with van der Waals surface area (Å²) in [5, 5.41) is 10.6. The zero-order valence-electron chi connectivity index (χ0n) is 15.7. The summed E-state index contributed by atoms with van der Waals surface area (Å²) in [6.45, 7) is 1.90. The van der Waals surface area contributed by atoms with Gasteiger partial charge in [0.15, 0.2) is 5.65 Å². The first-order valence-corrected chi connectivity index (χ1v) is 8.99. The lowest BCUT2D eigenvalue weighted by atomic mass is 10.1. The van der Waals surface area contributed by atoms with Crippen LogP contribution in [0.4, 0.5) is 0 Å². The minimum atomic E-state index is -0.232. The van der Waals surface area contributed by atoms with Gasteiger partial charge in [-0.2, -0.15) is 0 Å². The number of benzene rings is 2. The van der Waals surface area contributed by atoms with E-state index in [2.05, 4.69) is 15.9 Å². The van der Waals surface area contributed by atoms with E-state index in [0.717, 1.165) is 11.1 Å². The number of fused-ring (bicyclic) bond motifs is 1. The van der Waals surface area contributed by atoms with E-state index in [4.69, 9.17) is 6.42 Å². The summed E-state index contributed by atoms with van der Waals surface area (Å²) in [6.07, 6.45) is 10.4. The van der Waals surface area contributed by atoms with Gasteiger partial charge in [-0.3, -0.25) is 9.36 Å². The number of aryl methyl sites for hydroxylation is 1. The first-order valence-electron chi connectivity index (χ1n) is 8.99. The number of phenolic OH excluding ortho intramolecular Hbond substituents is 1.